The molecule has 13 heavy (non-hydrogen) atoms. The van der Waals surface area contributed by atoms with Gasteiger partial charge in [0.1, 0.15) is 0 Å². The molecule has 0 radical (unpaired) electrons. The van der Waals surface area contributed by atoms with Crippen molar-refractivity contribution in [3.05, 3.63) is 22.4 Å². The van der Waals surface area contributed by atoms with E-state index in [0.29, 0.717) is 11.8 Å². The predicted octanol–water partition coefficient (Wildman–Crippen LogP) is 2.91. The molecule has 0 spiro atoms. The zero-order chi connectivity index (χ0) is 9.68. The molecule has 0 saturated carbocycles. The molecule has 0 aromatic carbocycles. The third kappa shape index (κ3) is 3.49. The van der Waals surface area contributed by atoms with Crippen LogP contribution >= 0.6 is 11.3 Å². The largest absolute Gasteiger partial charge is 0.330 e. The SMILES string of the molecule is CC(C)C(CN)CCc1ccsc1. The van der Waals surface area contributed by atoms with Gasteiger partial charge < -0.3 is 5.73 Å². The second-order valence-corrected chi connectivity index (χ2v) is 4.69. The van der Waals surface area contributed by atoms with Crippen LogP contribution in [0.3, 0.4) is 0 Å². The van der Waals surface area contributed by atoms with Gasteiger partial charge in [-0.25, -0.2) is 0 Å². The van der Waals surface area contributed by atoms with E-state index in [0.717, 1.165) is 6.54 Å². The van der Waals surface area contributed by atoms with Crippen molar-refractivity contribution in [3.63, 3.8) is 0 Å². The van der Waals surface area contributed by atoms with Crippen molar-refractivity contribution in [3.8, 4) is 0 Å². The number of aryl methyl sites for hydroxylation is 1. The summed E-state index contributed by atoms with van der Waals surface area (Å²) in [5, 5.41) is 4.37. The van der Waals surface area contributed by atoms with Crippen molar-refractivity contribution in [2.45, 2.75) is 26.7 Å². The number of hydrogen-bond donors (Lipinski definition) is 1. The van der Waals surface area contributed by atoms with Gasteiger partial charge in [-0.1, -0.05) is 13.8 Å². The van der Waals surface area contributed by atoms with Crippen LogP contribution in [0.2, 0.25) is 0 Å². The van der Waals surface area contributed by atoms with Crippen molar-refractivity contribution >= 4 is 11.3 Å². The topological polar surface area (TPSA) is 26.0 Å². The van der Waals surface area contributed by atoms with E-state index in [2.05, 4.69) is 30.7 Å². The molecule has 1 atom stereocenters. The lowest BCUT2D eigenvalue weighted by molar-refractivity contribution is 0.369. The molecule has 0 aliphatic rings. The number of nitrogens with two attached hydrogens (primary N) is 1. The molecule has 1 heterocycles. The zero-order valence-corrected chi connectivity index (χ0v) is 9.31. The molecule has 0 aliphatic heterocycles. The smallest absolute Gasteiger partial charge is 0.00463 e. The van der Waals surface area contributed by atoms with Gasteiger partial charge in [0.15, 0.2) is 0 Å². The lowest BCUT2D eigenvalue weighted by Crippen LogP contribution is -2.20. The van der Waals surface area contributed by atoms with Crippen molar-refractivity contribution in [1.82, 2.24) is 0 Å². The molecule has 1 rings (SSSR count). The fourth-order valence-corrected chi connectivity index (χ4v) is 2.21. The molecule has 1 aromatic rings. The molecule has 0 saturated heterocycles. The molecule has 0 fully saturated rings. The molecule has 0 aliphatic carbocycles. The Morgan fingerprint density at radius 3 is 2.69 bits per heavy atom. The molecular formula is C11H19NS. The first kappa shape index (κ1) is 10.7. The third-order valence-electron chi connectivity index (χ3n) is 2.63. The number of rotatable bonds is 5. The summed E-state index contributed by atoms with van der Waals surface area (Å²) in [7, 11) is 0. The number of hydrogen-bond acceptors (Lipinski definition) is 2. The molecule has 2 heteroatoms. The highest BCUT2D eigenvalue weighted by atomic mass is 32.1. The van der Waals surface area contributed by atoms with E-state index in [9.17, 15) is 0 Å². The van der Waals surface area contributed by atoms with Gasteiger partial charge in [0.25, 0.3) is 0 Å². The van der Waals surface area contributed by atoms with Crippen LogP contribution in [-0.2, 0) is 6.42 Å². The lowest BCUT2D eigenvalue weighted by atomic mass is 9.90. The molecule has 1 aromatic heterocycles. The summed E-state index contributed by atoms with van der Waals surface area (Å²) in [4.78, 5) is 0. The first-order valence-corrected chi connectivity index (χ1v) is 5.89. The van der Waals surface area contributed by atoms with E-state index >= 15 is 0 Å². The summed E-state index contributed by atoms with van der Waals surface area (Å²) in [6, 6.07) is 2.21. The van der Waals surface area contributed by atoms with Crippen molar-refractivity contribution < 1.29 is 0 Å². The van der Waals surface area contributed by atoms with Crippen LogP contribution in [0.15, 0.2) is 16.8 Å². The minimum absolute atomic E-state index is 0.680. The van der Waals surface area contributed by atoms with E-state index in [1.807, 2.05) is 0 Å². The highest BCUT2D eigenvalue weighted by Crippen LogP contribution is 2.17. The monoisotopic (exact) mass is 197 g/mol. The fourth-order valence-electron chi connectivity index (χ4n) is 1.51. The molecular weight excluding hydrogens is 178 g/mol. The van der Waals surface area contributed by atoms with Gasteiger partial charge in [0, 0.05) is 0 Å². The average Bonchev–Trinajstić information content (AvgIpc) is 2.57. The van der Waals surface area contributed by atoms with Gasteiger partial charge in [-0.2, -0.15) is 11.3 Å². The number of thiophene rings is 1. The highest BCUT2D eigenvalue weighted by Gasteiger charge is 2.10. The maximum Gasteiger partial charge on any atom is -0.00463 e. The molecule has 2 N–H and O–H groups in total. The standard InChI is InChI=1S/C11H19NS/c1-9(2)11(7-12)4-3-10-5-6-13-8-10/h5-6,8-9,11H,3-4,7,12H2,1-2H3. The van der Waals surface area contributed by atoms with E-state index in [1.165, 1.54) is 18.4 Å². The van der Waals surface area contributed by atoms with Crippen LogP contribution in [0.25, 0.3) is 0 Å². The van der Waals surface area contributed by atoms with Gasteiger partial charge in [0.05, 0.1) is 0 Å². The maximum atomic E-state index is 5.72. The van der Waals surface area contributed by atoms with E-state index < -0.39 is 0 Å². The normalized spacial score (nSPS) is 13.5. The molecule has 0 bridgehead atoms. The van der Waals surface area contributed by atoms with Crippen LogP contribution in [-0.4, -0.2) is 6.54 Å². The third-order valence-corrected chi connectivity index (χ3v) is 3.36. The Bertz CT molecular complexity index is 216. The Hall–Kier alpha value is -0.340. The summed E-state index contributed by atoms with van der Waals surface area (Å²) in [5.41, 5.74) is 7.18. The second-order valence-electron chi connectivity index (χ2n) is 3.91. The van der Waals surface area contributed by atoms with Crippen molar-refractivity contribution in [2.75, 3.05) is 6.54 Å². The minimum Gasteiger partial charge on any atom is -0.330 e. The summed E-state index contributed by atoms with van der Waals surface area (Å²) in [6.07, 6.45) is 2.41. The molecule has 1 unspecified atom stereocenters. The van der Waals surface area contributed by atoms with E-state index in [1.54, 1.807) is 11.3 Å². The summed E-state index contributed by atoms with van der Waals surface area (Å²) in [5.74, 6) is 1.39. The average molecular weight is 197 g/mol. The van der Waals surface area contributed by atoms with Crippen LogP contribution in [0.1, 0.15) is 25.8 Å². The Labute approximate surface area is 85.0 Å². The summed E-state index contributed by atoms with van der Waals surface area (Å²) < 4.78 is 0. The second kappa shape index (κ2) is 5.40. The minimum atomic E-state index is 0.680. The quantitative estimate of drug-likeness (QED) is 0.771. The van der Waals surface area contributed by atoms with Gasteiger partial charge in [-0.05, 0) is 53.6 Å². The first-order chi connectivity index (χ1) is 6.24. The van der Waals surface area contributed by atoms with Gasteiger partial charge in [-0.15, -0.1) is 0 Å². The van der Waals surface area contributed by atoms with Gasteiger partial charge in [0.2, 0.25) is 0 Å². The lowest BCUT2D eigenvalue weighted by Gasteiger charge is -2.17. The molecule has 1 nitrogen and oxygen atoms in total. The Morgan fingerprint density at radius 2 is 2.23 bits per heavy atom. The van der Waals surface area contributed by atoms with E-state index in [-0.39, 0.29) is 0 Å². The van der Waals surface area contributed by atoms with Gasteiger partial charge in [-0.3, -0.25) is 0 Å². The first-order valence-electron chi connectivity index (χ1n) is 4.95. The highest BCUT2D eigenvalue weighted by molar-refractivity contribution is 7.07. The molecule has 74 valence electrons. The van der Waals surface area contributed by atoms with Crippen LogP contribution < -0.4 is 5.73 Å². The van der Waals surface area contributed by atoms with Crippen LogP contribution in [0.5, 0.6) is 0 Å². The van der Waals surface area contributed by atoms with Crippen LogP contribution in [0, 0.1) is 11.8 Å². The summed E-state index contributed by atoms with van der Waals surface area (Å²) >= 11 is 1.78. The maximum absolute atomic E-state index is 5.72. The van der Waals surface area contributed by atoms with Crippen LogP contribution in [0.4, 0.5) is 0 Å². The summed E-state index contributed by atoms with van der Waals surface area (Å²) in [6.45, 7) is 5.33. The Morgan fingerprint density at radius 1 is 1.46 bits per heavy atom. The predicted molar refractivity (Wildman–Crippen MR) is 60.0 cm³/mol. The van der Waals surface area contributed by atoms with Crippen molar-refractivity contribution in [1.29, 1.82) is 0 Å². The van der Waals surface area contributed by atoms with Crippen molar-refractivity contribution in [2.24, 2.45) is 17.6 Å². The van der Waals surface area contributed by atoms with Gasteiger partial charge >= 0.3 is 0 Å². The fraction of sp³-hybridized carbons (Fsp3) is 0.636. The Kier molecular flexibility index (Phi) is 4.46. The zero-order valence-electron chi connectivity index (χ0n) is 8.49. The Balaban J connectivity index is 2.32. The molecule has 0 amide bonds. The van der Waals surface area contributed by atoms with E-state index in [4.69, 9.17) is 5.73 Å².